The van der Waals surface area contributed by atoms with Crippen molar-refractivity contribution in [3.8, 4) is 0 Å². The Balaban J connectivity index is 1.93. The molecule has 1 aliphatic carbocycles. The Hall–Kier alpha value is -0.570. The third-order valence-electron chi connectivity index (χ3n) is 5.64. The van der Waals surface area contributed by atoms with E-state index >= 15 is 0 Å². The monoisotopic (exact) mass is 281 g/mol. The molecule has 1 N–H and O–H groups in total. The SMILES string of the molecule is C[C@@H]1CN(C2CCCC(C(C)(C)C)CC2)C[C@H]1C(=O)O. The summed E-state index contributed by atoms with van der Waals surface area (Å²) in [7, 11) is 0. The summed E-state index contributed by atoms with van der Waals surface area (Å²) in [5.74, 6) is 0.356. The zero-order valence-corrected chi connectivity index (χ0v) is 13.6. The Kier molecular flexibility index (Phi) is 4.78. The highest BCUT2D eigenvalue weighted by Crippen LogP contribution is 2.39. The van der Waals surface area contributed by atoms with Crippen LogP contribution in [0, 0.1) is 23.2 Å². The number of aliphatic carboxylic acids is 1. The van der Waals surface area contributed by atoms with Crippen molar-refractivity contribution in [3.63, 3.8) is 0 Å². The first-order chi connectivity index (χ1) is 9.29. The van der Waals surface area contributed by atoms with E-state index in [0.29, 0.717) is 17.4 Å². The van der Waals surface area contributed by atoms with Crippen LogP contribution in [0.15, 0.2) is 0 Å². The van der Waals surface area contributed by atoms with E-state index in [-0.39, 0.29) is 5.92 Å². The van der Waals surface area contributed by atoms with Crippen molar-refractivity contribution in [2.45, 2.75) is 65.8 Å². The molecule has 0 radical (unpaired) electrons. The van der Waals surface area contributed by atoms with Crippen LogP contribution in [0.2, 0.25) is 0 Å². The van der Waals surface area contributed by atoms with Gasteiger partial charge in [-0.2, -0.15) is 0 Å². The van der Waals surface area contributed by atoms with E-state index in [4.69, 9.17) is 0 Å². The molecular formula is C17H31NO2. The van der Waals surface area contributed by atoms with Crippen LogP contribution >= 0.6 is 0 Å². The van der Waals surface area contributed by atoms with Crippen LogP contribution in [0.25, 0.3) is 0 Å². The van der Waals surface area contributed by atoms with Gasteiger partial charge in [0.2, 0.25) is 0 Å². The van der Waals surface area contributed by atoms with E-state index in [2.05, 4.69) is 32.6 Å². The molecule has 0 aromatic rings. The molecule has 4 atom stereocenters. The number of carboxylic acids is 1. The van der Waals surface area contributed by atoms with Gasteiger partial charge in [-0.1, -0.05) is 34.1 Å². The number of rotatable bonds is 2. The van der Waals surface area contributed by atoms with Gasteiger partial charge in [0.05, 0.1) is 5.92 Å². The van der Waals surface area contributed by atoms with E-state index in [9.17, 15) is 9.90 Å². The molecule has 3 heteroatoms. The first-order valence-corrected chi connectivity index (χ1v) is 8.26. The molecule has 0 bridgehead atoms. The number of nitrogens with zero attached hydrogens (tertiary/aromatic N) is 1. The lowest BCUT2D eigenvalue weighted by Gasteiger charge is -2.30. The van der Waals surface area contributed by atoms with Gasteiger partial charge in [-0.05, 0) is 42.9 Å². The summed E-state index contributed by atoms with van der Waals surface area (Å²) in [6.45, 7) is 10.9. The molecular weight excluding hydrogens is 250 g/mol. The van der Waals surface area contributed by atoms with Gasteiger partial charge in [-0.25, -0.2) is 0 Å². The molecule has 1 aliphatic heterocycles. The van der Waals surface area contributed by atoms with E-state index in [1.165, 1.54) is 32.1 Å². The van der Waals surface area contributed by atoms with Gasteiger partial charge in [0.25, 0.3) is 0 Å². The summed E-state index contributed by atoms with van der Waals surface area (Å²) < 4.78 is 0. The molecule has 0 spiro atoms. The smallest absolute Gasteiger partial charge is 0.308 e. The maximum Gasteiger partial charge on any atom is 0.308 e. The van der Waals surface area contributed by atoms with Crippen molar-refractivity contribution in [1.29, 1.82) is 0 Å². The Morgan fingerprint density at radius 2 is 1.80 bits per heavy atom. The Bertz CT molecular complexity index is 347. The van der Waals surface area contributed by atoms with Crippen LogP contribution < -0.4 is 0 Å². The lowest BCUT2D eigenvalue weighted by atomic mass is 9.76. The van der Waals surface area contributed by atoms with Gasteiger partial charge < -0.3 is 5.11 Å². The van der Waals surface area contributed by atoms with Crippen molar-refractivity contribution in [2.75, 3.05) is 13.1 Å². The minimum atomic E-state index is -0.610. The average Bonchev–Trinajstić information content (AvgIpc) is 2.58. The zero-order chi connectivity index (χ0) is 14.9. The lowest BCUT2D eigenvalue weighted by Crippen LogP contribution is -2.34. The molecule has 0 aromatic heterocycles. The van der Waals surface area contributed by atoms with Gasteiger partial charge in [-0.3, -0.25) is 9.69 Å². The zero-order valence-electron chi connectivity index (χ0n) is 13.6. The van der Waals surface area contributed by atoms with Gasteiger partial charge in [0.1, 0.15) is 0 Å². The molecule has 116 valence electrons. The van der Waals surface area contributed by atoms with E-state index in [1.807, 2.05) is 0 Å². The van der Waals surface area contributed by atoms with Crippen molar-refractivity contribution in [2.24, 2.45) is 23.2 Å². The lowest BCUT2D eigenvalue weighted by molar-refractivity contribution is -0.142. The van der Waals surface area contributed by atoms with Crippen molar-refractivity contribution >= 4 is 5.97 Å². The minimum Gasteiger partial charge on any atom is -0.481 e. The fraction of sp³-hybridized carbons (Fsp3) is 0.941. The highest BCUT2D eigenvalue weighted by Gasteiger charge is 2.38. The fourth-order valence-corrected chi connectivity index (χ4v) is 4.14. The van der Waals surface area contributed by atoms with E-state index < -0.39 is 5.97 Å². The standard InChI is InChI=1S/C17H31NO2/c1-12-10-18(11-15(12)16(19)20)14-7-5-6-13(8-9-14)17(2,3)4/h12-15H,5-11H2,1-4H3,(H,19,20)/t12-,13?,14?,15-/m1/s1. The Morgan fingerprint density at radius 1 is 1.10 bits per heavy atom. The highest BCUT2D eigenvalue weighted by atomic mass is 16.4. The first kappa shape index (κ1) is 15.8. The maximum atomic E-state index is 11.3. The summed E-state index contributed by atoms with van der Waals surface area (Å²) in [4.78, 5) is 13.7. The predicted molar refractivity (Wildman–Crippen MR) is 81.7 cm³/mol. The Labute approximate surface area is 123 Å². The van der Waals surface area contributed by atoms with E-state index in [0.717, 1.165) is 19.0 Å². The van der Waals surface area contributed by atoms with E-state index in [1.54, 1.807) is 0 Å². The van der Waals surface area contributed by atoms with Crippen LogP contribution in [0.4, 0.5) is 0 Å². The molecule has 1 saturated carbocycles. The van der Waals surface area contributed by atoms with Gasteiger partial charge >= 0.3 is 5.97 Å². The summed E-state index contributed by atoms with van der Waals surface area (Å²) in [6, 6.07) is 0.620. The molecule has 0 amide bonds. The fourth-order valence-electron chi connectivity index (χ4n) is 4.14. The molecule has 2 aliphatic rings. The summed E-state index contributed by atoms with van der Waals surface area (Å²) in [5.41, 5.74) is 0.413. The largest absolute Gasteiger partial charge is 0.481 e. The van der Waals surface area contributed by atoms with Crippen LogP contribution in [-0.4, -0.2) is 35.1 Å². The van der Waals surface area contributed by atoms with Crippen LogP contribution in [0.3, 0.4) is 0 Å². The van der Waals surface area contributed by atoms with Crippen LogP contribution in [0.5, 0.6) is 0 Å². The number of carbonyl (C=O) groups is 1. The first-order valence-electron chi connectivity index (χ1n) is 8.26. The van der Waals surface area contributed by atoms with Crippen molar-refractivity contribution in [3.05, 3.63) is 0 Å². The second-order valence-corrected chi connectivity index (χ2v) is 8.10. The number of carboxylic acid groups (broad SMARTS) is 1. The third-order valence-corrected chi connectivity index (χ3v) is 5.64. The molecule has 1 heterocycles. The van der Waals surface area contributed by atoms with Crippen LogP contribution in [-0.2, 0) is 4.79 Å². The second-order valence-electron chi connectivity index (χ2n) is 8.10. The number of likely N-dealkylation sites (tertiary alicyclic amines) is 1. The molecule has 1 saturated heterocycles. The average molecular weight is 281 g/mol. The second kappa shape index (κ2) is 6.05. The normalized spacial score (nSPS) is 36.8. The maximum absolute atomic E-state index is 11.3. The molecule has 2 unspecified atom stereocenters. The number of hydrogen-bond acceptors (Lipinski definition) is 2. The third kappa shape index (κ3) is 3.55. The summed E-state index contributed by atoms with van der Waals surface area (Å²) in [5, 5.41) is 9.28. The quantitative estimate of drug-likeness (QED) is 0.786. The minimum absolute atomic E-state index is 0.156. The van der Waals surface area contributed by atoms with Gasteiger partial charge in [-0.15, -0.1) is 0 Å². The molecule has 20 heavy (non-hydrogen) atoms. The Morgan fingerprint density at radius 3 is 2.35 bits per heavy atom. The molecule has 3 nitrogen and oxygen atoms in total. The molecule has 0 aromatic carbocycles. The topological polar surface area (TPSA) is 40.5 Å². The molecule has 2 rings (SSSR count). The summed E-state index contributed by atoms with van der Waals surface area (Å²) >= 11 is 0. The predicted octanol–water partition coefficient (Wildman–Crippen LogP) is 3.63. The van der Waals surface area contributed by atoms with Crippen molar-refractivity contribution < 1.29 is 9.90 Å². The highest BCUT2D eigenvalue weighted by molar-refractivity contribution is 5.71. The van der Waals surface area contributed by atoms with Crippen molar-refractivity contribution in [1.82, 2.24) is 4.90 Å². The summed E-state index contributed by atoms with van der Waals surface area (Å²) in [6.07, 6.45) is 6.45. The van der Waals surface area contributed by atoms with Crippen LogP contribution in [0.1, 0.15) is 59.8 Å². The molecule has 2 fully saturated rings. The van der Waals surface area contributed by atoms with Gasteiger partial charge in [0, 0.05) is 19.1 Å². The van der Waals surface area contributed by atoms with Gasteiger partial charge in [0.15, 0.2) is 0 Å². The number of hydrogen-bond donors (Lipinski definition) is 1.